The summed E-state index contributed by atoms with van der Waals surface area (Å²) in [4.78, 5) is 24.0. The van der Waals surface area contributed by atoms with Crippen molar-refractivity contribution in [2.45, 2.75) is 26.2 Å². The molecule has 0 bridgehead atoms. The van der Waals surface area contributed by atoms with Crippen LogP contribution in [0.5, 0.6) is 11.5 Å². The van der Waals surface area contributed by atoms with Crippen LogP contribution in [0.2, 0.25) is 0 Å². The normalized spacial score (nSPS) is 12.5. The second-order valence-corrected chi connectivity index (χ2v) is 8.08. The number of amides is 2. The van der Waals surface area contributed by atoms with Crippen molar-refractivity contribution in [3.05, 3.63) is 59.8 Å². The van der Waals surface area contributed by atoms with Crippen LogP contribution in [0.4, 0.5) is 16.3 Å². The standard InChI is InChI=1S/C22H22N4O5/c1-22(2,3)18-11-19(26(25-18)15-6-4-5-13(9-15)20(27)28)24-21(29)23-14-7-8-16-17(10-14)31-12-30-16/h4-11H,12H2,1-3H3,(H,27,28)(H2,23,24,29). The molecule has 0 saturated carbocycles. The Kier molecular flexibility index (Phi) is 5.02. The first-order chi connectivity index (χ1) is 14.7. The highest BCUT2D eigenvalue weighted by atomic mass is 16.7. The van der Waals surface area contributed by atoms with Crippen molar-refractivity contribution >= 4 is 23.5 Å². The van der Waals surface area contributed by atoms with Gasteiger partial charge >= 0.3 is 12.0 Å². The average molecular weight is 422 g/mol. The van der Waals surface area contributed by atoms with Crippen molar-refractivity contribution in [2.24, 2.45) is 0 Å². The number of aromatic carboxylic acids is 1. The summed E-state index contributed by atoms with van der Waals surface area (Å²) in [6.45, 7) is 6.16. The van der Waals surface area contributed by atoms with E-state index in [1.807, 2.05) is 20.8 Å². The minimum absolute atomic E-state index is 0.126. The number of carboxylic acids is 1. The van der Waals surface area contributed by atoms with Gasteiger partial charge in [-0.15, -0.1) is 0 Å². The number of carboxylic acid groups (broad SMARTS) is 1. The van der Waals surface area contributed by atoms with Gasteiger partial charge in [-0.3, -0.25) is 5.32 Å². The van der Waals surface area contributed by atoms with Gasteiger partial charge in [0.15, 0.2) is 11.5 Å². The first-order valence-corrected chi connectivity index (χ1v) is 9.63. The van der Waals surface area contributed by atoms with E-state index in [1.54, 1.807) is 36.4 Å². The number of hydrogen-bond acceptors (Lipinski definition) is 5. The van der Waals surface area contributed by atoms with Crippen LogP contribution >= 0.6 is 0 Å². The summed E-state index contributed by atoms with van der Waals surface area (Å²) in [5, 5.41) is 19.5. The molecule has 1 aliphatic heterocycles. The van der Waals surface area contributed by atoms with Crippen molar-refractivity contribution in [3.8, 4) is 17.2 Å². The number of aromatic nitrogens is 2. The molecular weight excluding hydrogens is 400 g/mol. The maximum absolute atomic E-state index is 12.7. The number of urea groups is 1. The topological polar surface area (TPSA) is 115 Å². The third-order valence-electron chi connectivity index (χ3n) is 4.69. The summed E-state index contributed by atoms with van der Waals surface area (Å²) >= 11 is 0. The first kappa shape index (κ1) is 20.3. The summed E-state index contributed by atoms with van der Waals surface area (Å²) in [5.41, 5.74) is 1.65. The van der Waals surface area contributed by atoms with Crippen LogP contribution in [0.15, 0.2) is 48.5 Å². The van der Waals surface area contributed by atoms with Gasteiger partial charge in [0.1, 0.15) is 5.82 Å². The molecule has 0 radical (unpaired) electrons. The van der Waals surface area contributed by atoms with Gasteiger partial charge in [-0.1, -0.05) is 26.8 Å². The fourth-order valence-corrected chi connectivity index (χ4v) is 3.06. The zero-order valence-corrected chi connectivity index (χ0v) is 17.3. The molecule has 0 aliphatic carbocycles. The number of carbonyl (C=O) groups excluding carboxylic acids is 1. The van der Waals surface area contributed by atoms with E-state index in [1.165, 1.54) is 16.8 Å². The maximum Gasteiger partial charge on any atom is 0.335 e. The molecular formula is C22H22N4O5. The highest BCUT2D eigenvalue weighted by molar-refractivity contribution is 5.99. The fourth-order valence-electron chi connectivity index (χ4n) is 3.06. The monoisotopic (exact) mass is 422 g/mol. The van der Waals surface area contributed by atoms with E-state index in [9.17, 15) is 14.7 Å². The molecule has 31 heavy (non-hydrogen) atoms. The molecule has 9 heteroatoms. The van der Waals surface area contributed by atoms with E-state index in [2.05, 4.69) is 15.7 Å². The predicted molar refractivity (Wildman–Crippen MR) is 114 cm³/mol. The number of ether oxygens (including phenoxy) is 2. The maximum atomic E-state index is 12.7. The molecule has 2 aromatic carbocycles. The van der Waals surface area contributed by atoms with Crippen molar-refractivity contribution < 1.29 is 24.2 Å². The minimum Gasteiger partial charge on any atom is -0.478 e. The molecule has 0 unspecified atom stereocenters. The third kappa shape index (κ3) is 4.30. The van der Waals surface area contributed by atoms with Crippen molar-refractivity contribution in [1.82, 2.24) is 9.78 Å². The van der Waals surface area contributed by atoms with E-state index in [0.717, 1.165) is 5.69 Å². The van der Waals surface area contributed by atoms with Crippen molar-refractivity contribution in [2.75, 3.05) is 17.4 Å². The lowest BCUT2D eigenvalue weighted by molar-refractivity contribution is 0.0696. The molecule has 9 nitrogen and oxygen atoms in total. The lowest BCUT2D eigenvalue weighted by Gasteiger charge is -2.14. The average Bonchev–Trinajstić information content (AvgIpc) is 3.34. The van der Waals surface area contributed by atoms with Crippen LogP contribution in [0, 0.1) is 0 Å². The summed E-state index contributed by atoms with van der Waals surface area (Å²) < 4.78 is 12.1. The molecule has 1 aromatic heterocycles. The number of benzene rings is 2. The molecule has 3 aromatic rings. The van der Waals surface area contributed by atoms with E-state index >= 15 is 0 Å². The molecule has 2 heterocycles. The van der Waals surface area contributed by atoms with E-state index in [0.29, 0.717) is 28.7 Å². The van der Waals surface area contributed by atoms with Crippen molar-refractivity contribution in [3.63, 3.8) is 0 Å². The van der Waals surface area contributed by atoms with Crippen LogP contribution in [0.25, 0.3) is 5.69 Å². The molecule has 4 rings (SSSR count). The summed E-state index contributed by atoms with van der Waals surface area (Å²) in [5.74, 6) is 0.548. The first-order valence-electron chi connectivity index (χ1n) is 9.63. The Morgan fingerprint density at radius 3 is 2.55 bits per heavy atom. The van der Waals surface area contributed by atoms with Crippen LogP contribution in [-0.2, 0) is 5.41 Å². The zero-order chi connectivity index (χ0) is 22.2. The molecule has 0 spiro atoms. The lowest BCUT2D eigenvalue weighted by atomic mass is 9.92. The van der Waals surface area contributed by atoms with Gasteiger partial charge in [-0.25, -0.2) is 14.3 Å². The molecule has 1 aliphatic rings. The Morgan fingerprint density at radius 2 is 1.81 bits per heavy atom. The molecule has 3 N–H and O–H groups in total. The van der Waals surface area contributed by atoms with Gasteiger partial charge in [0.2, 0.25) is 6.79 Å². The zero-order valence-electron chi connectivity index (χ0n) is 17.3. The molecule has 0 saturated heterocycles. The third-order valence-corrected chi connectivity index (χ3v) is 4.69. The molecule has 160 valence electrons. The van der Waals surface area contributed by atoms with Gasteiger partial charge in [-0.05, 0) is 30.3 Å². The summed E-state index contributed by atoms with van der Waals surface area (Å²) in [7, 11) is 0. The number of carbonyl (C=O) groups is 2. The van der Waals surface area contributed by atoms with Gasteiger partial charge in [0.25, 0.3) is 0 Å². The van der Waals surface area contributed by atoms with E-state index in [4.69, 9.17) is 9.47 Å². The Bertz CT molecular complexity index is 1160. The highest BCUT2D eigenvalue weighted by Gasteiger charge is 2.22. The second kappa shape index (κ2) is 7.67. The Balaban J connectivity index is 1.62. The van der Waals surface area contributed by atoms with Crippen molar-refractivity contribution in [1.29, 1.82) is 0 Å². The number of hydrogen-bond donors (Lipinski definition) is 3. The molecule has 0 atom stereocenters. The van der Waals surface area contributed by atoms with E-state index in [-0.39, 0.29) is 17.8 Å². The minimum atomic E-state index is -1.04. The molecule has 0 fully saturated rings. The van der Waals surface area contributed by atoms with Crippen LogP contribution in [0.1, 0.15) is 36.8 Å². The number of nitrogens with zero attached hydrogens (tertiary/aromatic N) is 2. The Morgan fingerprint density at radius 1 is 1.03 bits per heavy atom. The quantitative estimate of drug-likeness (QED) is 0.579. The van der Waals surface area contributed by atoms with E-state index < -0.39 is 12.0 Å². The van der Waals surface area contributed by atoms with Gasteiger partial charge in [0.05, 0.1) is 16.9 Å². The molecule has 2 amide bonds. The number of anilines is 2. The largest absolute Gasteiger partial charge is 0.478 e. The van der Waals surface area contributed by atoms with Crippen LogP contribution in [-0.4, -0.2) is 33.7 Å². The summed E-state index contributed by atoms with van der Waals surface area (Å²) in [6.07, 6.45) is 0. The number of fused-ring (bicyclic) bond motifs is 1. The Labute approximate surface area is 178 Å². The Hall–Kier alpha value is -4.01. The SMILES string of the molecule is CC(C)(C)c1cc(NC(=O)Nc2ccc3c(c2)OCO3)n(-c2cccc(C(=O)O)c2)n1. The van der Waals surface area contributed by atoms with Crippen LogP contribution in [0.3, 0.4) is 0 Å². The fraction of sp³-hybridized carbons (Fsp3) is 0.227. The smallest absolute Gasteiger partial charge is 0.335 e. The lowest BCUT2D eigenvalue weighted by Crippen LogP contribution is -2.21. The summed E-state index contributed by atoms with van der Waals surface area (Å²) in [6, 6.07) is 12.8. The second-order valence-electron chi connectivity index (χ2n) is 8.08. The predicted octanol–water partition coefficient (Wildman–Crippen LogP) is 4.24. The van der Waals surface area contributed by atoms with Crippen LogP contribution < -0.4 is 20.1 Å². The van der Waals surface area contributed by atoms with Gasteiger partial charge in [0, 0.05) is 23.2 Å². The highest BCUT2D eigenvalue weighted by Crippen LogP contribution is 2.34. The number of nitrogens with one attached hydrogen (secondary N) is 2. The van der Waals surface area contributed by atoms with Gasteiger partial charge < -0.3 is 19.9 Å². The van der Waals surface area contributed by atoms with Gasteiger partial charge in [-0.2, -0.15) is 5.10 Å². The number of rotatable bonds is 4.